The van der Waals surface area contributed by atoms with Gasteiger partial charge >= 0.3 is 0 Å². The smallest absolute Gasteiger partial charge is 0.299 e. The number of hydrogen-bond acceptors (Lipinski definition) is 5. The number of nitro groups is 1. The van der Waals surface area contributed by atoms with E-state index in [0.717, 1.165) is 6.07 Å². The van der Waals surface area contributed by atoms with Gasteiger partial charge in [0.2, 0.25) is 0 Å². The summed E-state index contributed by atoms with van der Waals surface area (Å²) >= 11 is 0. The number of benzene rings is 1. The summed E-state index contributed by atoms with van der Waals surface area (Å²) in [5.74, 6) is -0.0570. The van der Waals surface area contributed by atoms with Crippen molar-refractivity contribution in [2.45, 2.75) is 6.92 Å². The molecule has 7 heteroatoms. The summed E-state index contributed by atoms with van der Waals surface area (Å²) in [4.78, 5) is 9.86. The van der Waals surface area contributed by atoms with E-state index in [1.54, 1.807) is 6.92 Å². The zero-order chi connectivity index (χ0) is 10.7. The largest absolute Gasteiger partial charge is 0.384 e. The van der Waals surface area contributed by atoms with E-state index < -0.39 is 15.9 Å². The van der Waals surface area contributed by atoms with Crippen molar-refractivity contribution in [3.8, 4) is 5.75 Å². The van der Waals surface area contributed by atoms with E-state index in [4.69, 9.17) is 0 Å². The molecule has 0 aliphatic rings. The zero-order valence-electron chi connectivity index (χ0n) is 7.17. The number of rotatable bonds is 3. The average molecular weight is 217 g/mol. The third-order valence-corrected chi connectivity index (χ3v) is 1.92. The summed E-state index contributed by atoms with van der Waals surface area (Å²) < 4.78 is 24.7. The first-order valence-electron chi connectivity index (χ1n) is 3.58. The molecule has 0 saturated carbocycles. The minimum atomic E-state index is -3.04. The third kappa shape index (κ3) is 2.43. The lowest BCUT2D eigenvalue weighted by Gasteiger charge is -1.99. The normalized spacial score (nSPS) is 10.1. The molecule has 0 heterocycles. The summed E-state index contributed by atoms with van der Waals surface area (Å²) in [7, 11) is -3.04. The lowest BCUT2D eigenvalue weighted by molar-refractivity contribution is -0.385. The molecule has 0 aliphatic carbocycles. The quantitative estimate of drug-likeness (QED) is 0.460. The molecule has 0 bridgehead atoms. The van der Waals surface area contributed by atoms with Crippen LogP contribution in [0.1, 0.15) is 5.56 Å². The second-order valence-corrected chi connectivity index (χ2v) is 3.15. The Labute approximate surface area is 81.4 Å². The summed E-state index contributed by atoms with van der Waals surface area (Å²) in [5.41, 5.74) is 0.280. The molecule has 0 aliphatic heterocycles. The van der Waals surface area contributed by atoms with Crippen molar-refractivity contribution in [1.82, 2.24) is 0 Å². The van der Waals surface area contributed by atoms with E-state index >= 15 is 0 Å². The van der Waals surface area contributed by atoms with Gasteiger partial charge < -0.3 is 4.18 Å². The molecule has 0 amide bonds. The van der Waals surface area contributed by atoms with Crippen LogP contribution in [0.2, 0.25) is 0 Å². The fraction of sp³-hybridized carbons (Fsp3) is 0.143. The van der Waals surface area contributed by atoms with Crippen molar-refractivity contribution in [2.24, 2.45) is 0 Å². The minimum absolute atomic E-state index is 0.0570. The van der Waals surface area contributed by atoms with Crippen molar-refractivity contribution in [1.29, 1.82) is 0 Å². The number of nitro benzene ring substituents is 1. The molecule has 76 valence electrons. The van der Waals surface area contributed by atoms with E-state index in [1.807, 2.05) is 0 Å². The lowest BCUT2D eigenvalue weighted by atomic mass is 10.2. The highest BCUT2D eigenvalue weighted by atomic mass is 32.2. The maximum atomic E-state index is 10.5. The van der Waals surface area contributed by atoms with Gasteiger partial charge in [-0.3, -0.25) is 10.1 Å². The third-order valence-electron chi connectivity index (χ3n) is 1.56. The predicted octanol–water partition coefficient (Wildman–Crippen LogP) is 0.808. The molecule has 1 aromatic carbocycles. The van der Waals surface area contributed by atoms with Crippen LogP contribution >= 0.6 is 0 Å². The first-order chi connectivity index (χ1) is 6.50. The fourth-order valence-electron chi connectivity index (χ4n) is 0.929. The van der Waals surface area contributed by atoms with Crippen LogP contribution in [0.5, 0.6) is 5.75 Å². The molecule has 0 N–H and O–H groups in total. The highest BCUT2D eigenvalue weighted by Crippen LogP contribution is 2.23. The molecule has 1 rings (SSSR count). The Morgan fingerprint density at radius 2 is 2.07 bits per heavy atom. The SMILES string of the molecule is Cc1ccc(O[SH](=O)=O)cc1[N+](=O)[O-]. The zero-order valence-corrected chi connectivity index (χ0v) is 8.06. The van der Waals surface area contributed by atoms with Gasteiger partial charge in [-0.15, -0.1) is 0 Å². The van der Waals surface area contributed by atoms with Crippen LogP contribution in [-0.2, 0) is 11.0 Å². The Morgan fingerprint density at radius 3 is 2.57 bits per heavy atom. The van der Waals surface area contributed by atoms with E-state index in [2.05, 4.69) is 4.18 Å². The number of hydrogen-bond donors (Lipinski definition) is 1. The monoisotopic (exact) mass is 217 g/mol. The first kappa shape index (κ1) is 10.5. The van der Waals surface area contributed by atoms with E-state index in [9.17, 15) is 18.5 Å². The van der Waals surface area contributed by atoms with Crippen molar-refractivity contribution in [2.75, 3.05) is 0 Å². The average Bonchev–Trinajstić information content (AvgIpc) is 2.07. The molecule has 0 fully saturated rings. The van der Waals surface area contributed by atoms with Crippen LogP contribution in [0.15, 0.2) is 18.2 Å². The maximum absolute atomic E-state index is 10.5. The molecule has 1 aromatic rings. The van der Waals surface area contributed by atoms with Gasteiger partial charge in [0.15, 0.2) is 0 Å². The van der Waals surface area contributed by atoms with Crippen LogP contribution in [0, 0.1) is 17.0 Å². The summed E-state index contributed by atoms with van der Waals surface area (Å²) in [6, 6.07) is 3.85. The van der Waals surface area contributed by atoms with Gasteiger partial charge in [-0.1, -0.05) is 0 Å². The fourth-order valence-corrected chi connectivity index (χ4v) is 1.21. The van der Waals surface area contributed by atoms with Crippen LogP contribution in [0.3, 0.4) is 0 Å². The molecule has 14 heavy (non-hydrogen) atoms. The van der Waals surface area contributed by atoms with Crippen molar-refractivity contribution < 1.29 is 17.5 Å². The number of aryl methyl sites for hydroxylation is 1. The van der Waals surface area contributed by atoms with Crippen molar-refractivity contribution in [3.63, 3.8) is 0 Å². The Hall–Kier alpha value is -1.63. The highest BCUT2D eigenvalue weighted by molar-refractivity contribution is 7.67. The standard InChI is InChI=1S/C7H7NO5S/c1-5-2-3-6(13-14(11)12)4-7(5)8(9)10/h2-4,14H,1H3. The van der Waals surface area contributed by atoms with Crippen molar-refractivity contribution >= 4 is 16.7 Å². The Morgan fingerprint density at radius 1 is 1.43 bits per heavy atom. The van der Waals surface area contributed by atoms with E-state index in [0.29, 0.717) is 5.56 Å². The van der Waals surface area contributed by atoms with Crippen LogP contribution in [-0.4, -0.2) is 13.3 Å². The van der Waals surface area contributed by atoms with E-state index in [1.165, 1.54) is 12.1 Å². The summed E-state index contributed by atoms with van der Waals surface area (Å²) in [5, 5.41) is 10.5. The summed E-state index contributed by atoms with van der Waals surface area (Å²) in [6.45, 7) is 1.55. The molecule has 0 spiro atoms. The Kier molecular flexibility index (Phi) is 3.03. The summed E-state index contributed by atoms with van der Waals surface area (Å²) in [6.07, 6.45) is 0. The van der Waals surface area contributed by atoms with Crippen molar-refractivity contribution in [3.05, 3.63) is 33.9 Å². The van der Waals surface area contributed by atoms with Crippen LogP contribution in [0.25, 0.3) is 0 Å². The van der Waals surface area contributed by atoms with Crippen LogP contribution in [0.4, 0.5) is 5.69 Å². The van der Waals surface area contributed by atoms with Gasteiger partial charge in [-0.2, -0.15) is 8.42 Å². The minimum Gasteiger partial charge on any atom is -0.384 e. The second kappa shape index (κ2) is 4.05. The Bertz CT molecular complexity index is 432. The van der Waals surface area contributed by atoms with Gasteiger partial charge in [-0.05, 0) is 19.1 Å². The molecular weight excluding hydrogens is 210 g/mol. The van der Waals surface area contributed by atoms with Crippen LogP contribution < -0.4 is 4.18 Å². The van der Waals surface area contributed by atoms with Gasteiger partial charge in [0.25, 0.3) is 16.7 Å². The highest BCUT2D eigenvalue weighted by Gasteiger charge is 2.11. The lowest BCUT2D eigenvalue weighted by Crippen LogP contribution is -1.94. The van der Waals surface area contributed by atoms with Gasteiger partial charge in [-0.25, -0.2) is 0 Å². The van der Waals surface area contributed by atoms with Gasteiger partial charge in [0, 0.05) is 5.56 Å². The maximum Gasteiger partial charge on any atom is 0.299 e. The molecule has 0 saturated heterocycles. The predicted molar refractivity (Wildman–Crippen MR) is 48.8 cm³/mol. The topological polar surface area (TPSA) is 86.5 Å². The first-order valence-corrected chi connectivity index (χ1v) is 4.67. The molecule has 0 radical (unpaired) electrons. The molecule has 0 atom stereocenters. The Balaban J connectivity index is 3.12. The molecule has 6 nitrogen and oxygen atoms in total. The van der Waals surface area contributed by atoms with Gasteiger partial charge in [0.05, 0.1) is 11.0 Å². The molecule has 0 aromatic heterocycles. The molecule has 0 unspecified atom stereocenters. The molecular formula is C7H7NO5S. The van der Waals surface area contributed by atoms with Gasteiger partial charge in [0.1, 0.15) is 5.75 Å². The van der Waals surface area contributed by atoms with E-state index in [-0.39, 0.29) is 11.4 Å². The number of nitrogens with zero attached hydrogens (tertiary/aromatic N) is 1. The second-order valence-electron chi connectivity index (χ2n) is 2.52. The number of thiol groups is 1.